The van der Waals surface area contributed by atoms with Gasteiger partial charge in [0.2, 0.25) is 0 Å². The third kappa shape index (κ3) is 7.75. The number of halogens is 2. The summed E-state index contributed by atoms with van der Waals surface area (Å²) in [6.45, 7) is 5.16. The van der Waals surface area contributed by atoms with E-state index in [4.69, 9.17) is 14.2 Å². The van der Waals surface area contributed by atoms with Crippen molar-refractivity contribution in [2.45, 2.75) is 45.4 Å². The Balaban J connectivity index is 2.21. The average Bonchev–Trinajstić information content (AvgIpc) is 2.65. The minimum Gasteiger partial charge on any atom is -0.497 e. The van der Waals surface area contributed by atoms with Gasteiger partial charge in [-0.2, -0.15) is 0 Å². The first-order chi connectivity index (χ1) is 14.5. The molecule has 0 saturated carbocycles. The van der Waals surface area contributed by atoms with Gasteiger partial charge in [-0.25, -0.2) is 14.0 Å². The van der Waals surface area contributed by atoms with E-state index in [0.29, 0.717) is 10.2 Å². The number of ether oxygens (including phenoxy) is 3. The van der Waals surface area contributed by atoms with Crippen molar-refractivity contribution in [3.8, 4) is 11.5 Å². The molecule has 31 heavy (non-hydrogen) atoms. The van der Waals surface area contributed by atoms with Crippen LogP contribution in [0.1, 0.15) is 31.9 Å². The zero-order chi connectivity index (χ0) is 23.2. The van der Waals surface area contributed by atoms with Crippen molar-refractivity contribution in [3.05, 3.63) is 57.8 Å². The largest absolute Gasteiger partial charge is 0.497 e. The SMILES string of the molecule is COc1ccc(COc2c(Br)cc(F)cc2CC(NC(=O)OC(C)(C)C)C(=O)O)cc1. The number of hydrogen-bond donors (Lipinski definition) is 2. The topological polar surface area (TPSA) is 94.1 Å². The quantitative estimate of drug-likeness (QED) is 0.548. The Labute approximate surface area is 188 Å². The van der Waals surface area contributed by atoms with Crippen LogP contribution in [0.4, 0.5) is 9.18 Å². The highest BCUT2D eigenvalue weighted by molar-refractivity contribution is 9.10. The number of carbonyl (C=O) groups is 2. The monoisotopic (exact) mass is 497 g/mol. The van der Waals surface area contributed by atoms with Crippen LogP contribution in [0, 0.1) is 5.82 Å². The number of alkyl carbamates (subject to hydrolysis) is 1. The van der Waals surface area contributed by atoms with E-state index in [-0.39, 0.29) is 24.3 Å². The predicted octanol–water partition coefficient (Wildman–Crippen LogP) is 4.70. The van der Waals surface area contributed by atoms with Crippen LogP contribution in [0.25, 0.3) is 0 Å². The molecule has 0 aliphatic carbocycles. The lowest BCUT2D eigenvalue weighted by molar-refractivity contribution is -0.139. The molecular formula is C22H25BrFNO6. The number of rotatable bonds is 8. The lowest BCUT2D eigenvalue weighted by atomic mass is 10.0. The van der Waals surface area contributed by atoms with E-state index in [9.17, 15) is 19.1 Å². The lowest BCUT2D eigenvalue weighted by Gasteiger charge is -2.22. The second kappa shape index (κ2) is 10.5. The second-order valence-corrected chi connectivity index (χ2v) is 8.61. The first-order valence-electron chi connectivity index (χ1n) is 9.44. The van der Waals surface area contributed by atoms with Crippen molar-refractivity contribution in [2.75, 3.05) is 7.11 Å². The molecule has 7 nitrogen and oxygen atoms in total. The van der Waals surface area contributed by atoms with E-state index in [0.717, 1.165) is 5.56 Å². The molecule has 2 aromatic carbocycles. The number of benzene rings is 2. The van der Waals surface area contributed by atoms with Gasteiger partial charge in [-0.1, -0.05) is 12.1 Å². The molecule has 0 heterocycles. The van der Waals surface area contributed by atoms with Crippen molar-refractivity contribution < 1.29 is 33.3 Å². The third-order valence-corrected chi connectivity index (χ3v) is 4.63. The standard InChI is InChI=1S/C22H25BrFNO6/c1-22(2,3)31-21(28)25-18(20(26)27)10-14-9-15(24)11-17(23)19(14)30-12-13-5-7-16(29-4)8-6-13/h5-9,11,18H,10,12H2,1-4H3,(H,25,28)(H,26,27). The summed E-state index contributed by atoms with van der Waals surface area (Å²) in [6, 6.07) is 8.27. The van der Waals surface area contributed by atoms with Gasteiger partial charge >= 0.3 is 12.1 Å². The number of carbonyl (C=O) groups excluding carboxylic acids is 1. The number of nitrogens with one attached hydrogen (secondary N) is 1. The van der Waals surface area contributed by atoms with Gasteiger partial charge in [0, 0.05) is 12.0 Å². The number of carboxylic acids is 1. The fraction of sp³-hybridized carbons (Fsp3) is 0.364. The van der Waals surface area contributed by atoms with Gasteiger partial charge in [0.15, 0.2) is 0 Å². The van der Waals surface area contributed by atoms with Crippen LogP contribution in [0.3, 0.4) is 0 Å². The molecular weight excluding hydrogens is 473 g/mol. The Bertz CT molecular complexity index is 927. The van der Waals surface area contributed by atoms with Crippen molar-refractivity contribution >= 4 is 28.0 Å². The van der Waals surface area contributed by atoms with Gasteiger partial charge in [-0.15, -0.1) is 0 Å². The molecule has 0 radical (unpaired) electrons. The summed E-state index contributed by atoms with van der Waals surface area (Å²) in [6.07, 6.45) is -1.08. The van der Waals surface area contributed by atoms with Gasteiger partial charge in [0.25, 0.3) is 0 Å². The Hall–Kier alpha value is -2.81. The van der Waals surface area contributed by atoms with Gasteiger partial charge in [-0.05, 0) is 66.5 Å². The van der Waals surface area contributed by atoms with Gasteiger partial charge in [-0.3, -0.25) is 0 Å². The molecule has 0 aromatic heterocycles. The minimum absolute atomic E-state index is 0.165. The van der Waals surface area contributed by atoms with E-state index < -0.39 is 29.5 Å². The van der Waals surface area contributed by atoms with Crippen molar-refractivity contribution in [2.24, 2.45) is 0 Å². The molecule has 0 aliphatic rings. The zero-order valence-corrected chi connectivity index (χ0v) is 19.3. The highest BCUT2D eigenvalue weighted by Crippen LogP contribution is 2.32. The maximum absolute atomic E-state index is 14.0. The van der Waals surface area contributed by atoms with E-state index >= 15 is 0 Å². The minimum atomic E-state index is -1.34. The van der Waals surface area contributed by atoms with E-state index in [2.05, 4.69) is 21.2 Å². The molecule has 168 valence electrons. The number of hydrogen-bond acceptors (Lipinski definition) is 5. The molecule has 2 N–H and O–H groups in total. The van der Waals surface area contributed by atoms with Gasteiger partial charge < -0.3 is 24.6 Å². The fourth-order valence-corrected chi connectivity index (χ4v) is 3.26. The van der Waals surface area contributed by atoms with E-state index in [1.807, 2.05) is 12.1 Å². The summed E-state index contributed by atoms with van der Waals surface area (Å²) >= 11 is 3.27. The van der Waals surface area contributed by atoms with Crippen LogP contribution in [-0.2, 0) is 22.6 Å². The Morgan fingerprint density at radius 3 is 2.39 bits per heavy atom. The Kier molecular flexibility index (Phi) is 8.27. The van der Waals surface area contributed by atoms with E-state index in [1.165, 1.54) is 12.1 Å². The number of carboxylic acid groups (broad SMARTS) is 1. The summed E-state index contributed by atoms with van der Waals surface area (Å²) in [5, 5.41) is 11.8. The van der Waals surface area contributed by atoms with Crippen molar-refractivity contribution in [1.82, 2.24) is 5.32 Å². The van der Waals surface area contributed by atoms with Gasteiger partial charge in [0.1, 0.15) is 35.6 Å². The second-order valence-electron chi connectivity index (χ2n) is 7.75. The fourth-order valence-electron chi connectivity index (χ4n) is 2.67. The highest BCUT2D eigenvalue weighted by Gasteiger charge is 2.26. The number of amides is 1. The van der Waals surface area contributed by atoms with E-state index in [1.54, 1.807) is 40.0 Å². The predicted molar refractivity (Wildman–Crippen MR) is 116 cm³/mol. The number of aliphatic carboxylic acids is 1. The lowest BCUT2D eigenvalue weighted by Crippen LogP contribution is -2.44. The molecule has 2 aromatic rings. The molecule has 1 atom stereocenters. The molecule has 0 saturated heterocycles. The Morgan fingerprint density at radius 1 is 1.19 bits per heavy atom. The van der Waals surface area contributed by atoms with Crippen LogP contribution in [0.2, 0.25) is 0 Å². The molecule has 1 amide bonds. The van der Waals surface area contributed by atoms with Crippen LogP contribution in [0.15, 0.2) is 40.9 Å². The van der Waals surface area contributed by atoms with Crippen LogP contribution in [0.5, 0.6) is 11.5 Å². The maximum atomic E-state index is 14.0. The third-order valence-electron chi connectivity index (χ3n) is 4.04. The molecule has 0 spiro atoms. The average molecular weight is 498 g/mol. The Morgan fingerprint density at radius 2 is 1.84 bits per heavy atom. The molecule has 0 bridgehead atoms. The summed E-state index contributed by atoms with van der Waals surface area (Å²) in [7, 11) is 1.57. The summed E-state index contributed by atoms with van der Waals surface area (Å²) in [5.41, 5.74) is 0.329. The normalized spacial score (nSPS) is 12.1. The molecule has 9 heteroatoms. The highest BCUT2D eigenvalue weighted by atomic mass is 79.9. The molecule has 0 aliphatic heterocycles. The van der Waals surface area contributed by atoms with Crippen LogP contribution in [-0.4, -0.2) is 35.9 Å². The smallest absolute Gasteiger partial charge is 0.408 e. The maximum Gasteiger partial charge on any atom is 0.408 e. The zero-order valence-electron chi connectivity index (χ0n) is 17.7. The first kappa shape index (κ1) is 24.5. The molecule has 2 rings (SSSR count). The molecule has 1 unspecified atom stereocenters. The van der Waals surface area contributed by atoms with Gasteiger partial charge in [0.05, 0.1) is 11.6 Å². The van der Waals surface area contributed by atoms with Crippen molar-refractivity contribution in [3.63, 3.8) is 0 Å². The summed E-state index contributed by atoms with van der Waals surface area (Å²) < 4.78 is 30.5. The number of methoxy groups -OCH3 is 1. The van der Waals surface area contributed by atoms with Crippen molar-refractivity contribution in [1.29, 1.82) is 0 Å². The first-order valence-corrected chi connectivity index (χ1v) is 10.2. The van der Waals surface area contributed by atoms with Crippen LogP contribution < -0.4 is 14.8 Å². The molecule has 0 fully saturated rings. The summed E-state index contributed by atoms with van der Waals surface area (Å²) in [4.78, 5) is 23.7. The van der Waals surface area contributed by atoms with Crippen LogP contribution >= 0.6 is 15.9 Å². The summed E-state index contributed by atoms with van der Waals surface area (Å²) in [5.74, 6) is -0.869.